The van der Waals surface area contributed by atoms with Crippen molar-refractivity contribution in [2.75, 3.05) is 0 Å². The first-order valence-electron chi connectivity index (χ1n) is 9.93. The van der Waals surface area contributed by atoms with Gasteiger partial charge in [-0.2, -0.15) is 0 Å². The second-order valence-electron chi connectivity index (χ2n) is 8.06. The highest BCUT2D eigenvalue weighted by Crippen LogP contribution is 2.37. The van der Waals surface area contributed by atoms with E-state index >= 15 is 0 Å². The highest BCUT2D eigenvalue weighted by molar-refractivity contribution is 6.31. The lowest BCUT2D eigenvalue weighted by Crippen LogP contribution is -2.21. The van der Waals surface area contributed by atoms with E-state index in [-0.39, 0.29) is 5.56 Å². The van der Waals surface area contributed by atoms with E-state index in [1.807, 2.05) is 0 Å². The van der Waals surface area contributed by atoms with E-state index in [0.717, 1.165) is 30.9 Å². The number of halogens is 5. The van der Waals surface area contributed by atoms with Crippen LogP contribution in [0.4, 0.5) is 17.6 Å². The Morgan fingerprint density at radius 3 is 1.93 bits per heavy atom. The minimum Gasteiger partial charge on any atom is -0.206 e. The minimum atomic E-state index is -1.05. The molecular formula is C23H25ClF4. The predicted molar refractivity (Wildman–Crippen MR) is 105 cm³/mol. The van der Waals surface area contributed by atoms with E-state index in [0.29, 0.717) is 23.8 Å². The van der Waals surface area contributed by atoms with Crippen LogP contribution in [0.1, 0.15) is 51.5 Å². The monoisotopic (exact) mass is 412 g/mol. The van der Waals surface area contributed by atoms with Crippen LogP contribution < -0.4 is 0 Å². The maximum absolute atomic E-state index is 14.6. The van der Waals surface area contributed by atoms with Gasteiger partial charge in [-0.3, -0.25) is 0 Å². The first-order chi connectivity index (χ1) is 13.3. The quantitative estimate of drug-likeness (QED) is 0.345. The lowest BCUT2D eigenvalue weighted by atomic mass is 9.74. The lowest BCUT2D eigenvalue weighted by molar-refractivity contribution is 0.210. The fraction of sp³-hybridized carbons (Fsp3) is 0.478. The molecule has 0 bridgehead atoms. The molecule has 0 amide bonds. The molecule has 1 aliphatic carbocycles. The van der Waals surface area contributed by atoms with Crippen molar-refractivity contribution in [2.24, 2.45) is 17.8 Å². The molecule has 0 radical (unpaired) electrons. The van der Waals surface area contributed by atoms with Crippen molar-refractivity contribution in [3.05, 3.63) is 58.1 Å². The predicted octanol–water partition coefficient (Wildman–Crippen LogP) is 7.96. The average Bonchev–Trinajstić information content (AvgIpc) is 2.65. The Hall–Kier alpha value is -1.55. The molecule has 0 nitrogen and oxygen atoms in total. The van der Waals surface area contributed by atoms with Crippen LogP contribution >= 0.6 is 11.6 Å². The summed E-state index contributed by atoms with van der Waals surface area (Å²) in [6, 6.07) is 4.25. The Kier molecular flexibility index (Phi) is 6.69. The van der Waals surface area contributed by atoms with Crippen LogP contribution in [-0.4, -0.2) is 0 Å². The Morgan fingerprint density at radius 1 is 0.893 bits per heavy atom. The summed E-state index contributed by atoms with van der Waals surface area (Å²) in [5.74, 6) is -2.04. The molecule has 1 atom stereocenters. The topological polar surface area (TPSA) is 0 Å². The summed E-state index contributed by atoms with van der Waals surface area (Å²) >= 11 is 5.45. The van der Waals surface area contributed by atoms with Crippen LogP contribution in [0.3, 0.4) is 0 Å². The summed E-state index contributed by atoms with van der Waals surface area (Å²) in [7, 11) is 0. The number of hydrogen-bond donors (Lipinski definition) is 0. The van der Waals surface area contributed by atoms with Gasteiger partial charge >= 0.3 is 0 Å². The van der Waals surface area contributed by atoms with Gasteiger partial charge in [0.05, 0.1) is 5.56 Å². The lowest BCUT2D eigenvalue weighted by Gasteiger charge is -2.32. The van der Waals surface area contributed by atoms with Crippen LogP contribution in [0.2, 0.25) is 5.02 Å². The second kappa shape index (κ2) is 8.86. The van der Waals surface area contributed by atoms with Crippen molar-refractivity contribution in [1.29, 1.82) is 0 Å². The van der Waals surface area contributed by atoms with Crippen molar-refractivity contribution < 1.29 is 17.6 Å². The highest BCUT2D eigenvalue weighted by Gasteiger charge is 2.25. The largest absolute Gasteiger partial charge is 0.206 e. The SMILES string of the molecule is CCC1CCC(C(C)Cc2cc(F)c(-c3cc(F)c(Cl)c(F)c3)c(F)c2)CC1. The van der Waals surface area contributed by atoms with Gasteiger partial charge in [0.25, 0.3) is 0 Å². The second-order valence-corrected chi connectivity index (χ2v) is 8.44. The molecule has 1 unspecified atom stereocenters. The van der Waals surface area contributed by atoms with Crippen molar-refractivity contribution in [1.82, 2.24) is 0 Å². The Bertz CT molecular complexity index is 794. The zero-order valence-corrected chi connectivity index (χ0v) is 16.9. The molecule has 28 heavy (non-hydrogen) atoms. The Labute approximate surface area is 168 Å². The normalized spacial score (nSPS) is 21.0. The molecule has 2 aromatic rings. The smallest absolute Gasteiger partial charge is 0.145 e. The molecule has 2 aromatic carbocycles. The molecule has 5 heteroatoms. The van der Waals surface area contributed by atoms with E-state index in [4.69, 9.17) is 11.6 Å². The highest BCUT2D eigenvalue weighted by atomic mass is 35.5. The molecular weight excluding hydrogens is 388 g/mol. The zero-order valence-electron chi connectivity index (χ0n) is 16.2. The molecule has 0 spiro atoms. The van der Waals surface area contributed by atoms with Crippen molar-refractivity contribution in [2.45, 2.75) is 52.4 Å². The van der Waals surface area contributed by atoms with Crippen molar-refractivity contribution >= 4 is 11.6 Å². The first-order valence-corrected chi connectivity index (χ1v) is 10.3. The molecule has 1 aliphatic rings. The minimum absolute atomic E-state index is 0.202. The van der Waals surface area contributed by atoms with Gasteiger partial charge in [-0.15, -0.1) is 0 Å². The maximum Gasteiger partial charge on any atom is 0.145 e. The molecule has 0 N–H and O–H groups in total. The number of rotatable bonds is 5. The summed E-state index contributed by atoms with van der Waals surface area (Å²) in [5, 5.41) is -0.687. The average molecular weight is 413 g/mol. The fourth-order valence-corrected chi connectivity index (χ4v) is 4.53. The van der Waals surface area contributed by atoms with E-state index in [1.165, 1.54) is 31.4 Å². The van der Waals surface area contributed by atoms with Crippen LogP contribution in [0, 0.1) is 41.0 Å². The number of hydrogen-bond acceptors (Lipinski definition) is 0. The van der Waals surface area contributed by atoms with E-state index in [9.17, 15) is 17.6 Å². The molecule has 0 aliphatic heterocycles. The third-order valence-electron chi connectivity index (χ3n) is 6.21. The van der Waals surface area contributed by atoms with Crippen LogP contribution in [0.25, 0.3) is 11.1 Å². The molecule has 152 valence electrons. The van der Waals surface area contributed by atoms with Gasteiger partial charge < -0.3 is 0 Å². The first kappa shape index (κ1) is 21.2. The van der Waals surface area contributed by atoms with Gasteiger partial charge in [-0.05, 0) is 72.4 Å². The van der Waals surface area contributed by atoms with Crippen LogP contribution in [-0.2, 0) is 6.42 Å². The third-order valence-corrected chi connectivity index (χ3v) is 6.57. The van der Waals surface area contributed by atoms with E-state index in [2.05, 4.69) is 13.8 Å². The van der Waals surface area contributed by atoms with Gasteiger partial charge in [0.1, 0.15) is 28.3 Å². The summed E-state index contributed by atoms with van der Waals surface area (Å²) in [6.07, 6.45) is 6.56. The molecule has 0 heterocycles. The molecule has 1 saturated carbocycles. The molecule has 0 saturated heterocycles. The van der Waals surface area contributed by atoms with Gasteiger partial charge in [-0.25, -0.2) is 17.6 Å². The number of benzene rings is 2. The summed E-state index contributed by atoms with van der Waals surface area (Å²) < 4.78 is 56.6. The molecule has 1 fully saturated rings. The van der Waals surface area contributed by atoms with Gasteiger partial charge in [0.15, 0.2) is 0 Å². The zero-order chi connectivity index (χ0) is 20.4. The Morgan fingerprint density at radius 2 is 1.43 bits per heavy atom. The summed E-state index contributed by atoms with van der Waals surface area (Å²) in [4.78, 5) is 0. The van der Waals surface area contributed by atoms with Gasteiger partial charge in [-0.1, -0.05) is 44.7 Å². The van der Waals surface area contributed by atoms with Crippen molar-refractivity contribution in [3.63, 3.8) is 0 Å². The third kappa shape index (κ3) is 4.53. The fourth-order valence-electron chi connectivity index (χ4n) is 4.42. The standard InChI is InChI=1S/C23H25ClF4/c1-3-14-4-6-16(7-5-14)13(2)8-15-9-18(25)22(19(26)10-15)17-11-20(27)23(24)21(28)12-17/h9-14,16H,3-8H2,1-2H3. The molecule has 0 aromatic heterocycles. The van der Waals surface area contributed by atoms with Gasteiger partial charge in [0, 0.05) is 0 Å². The van der Waals surface area contributed by atoms with Crippen molar-refractivity contribution in [3.8, 4) is 11.1 Å². The van der Waals surface area contributed by atoms with Crippen LogP contribution in [0.15, 0.2) is 24.3 Å². The Balaban J connectivity index is 1.79. The van der Waals surface area contributed by atoms with E-state index < -0.39 is 33.9 Å². The summed E-state index contributed by atoms with van der Waals surface area (Å²) in [5.41, 5.74) is -0.0695. The van der Waals surface area contributed by atoms with E-state index in [1.54, 1.807) is 0 Å². The maximum atomic E-state index is 14.6. The van der Waals surface area contributed by atoms with Crippen LogP contribution in [0.5, 0.6) is 0 Å². The van der Waals surface area contributed by atoms with Gasteiger partial charge in [0.2, 0.25) is 0 Å². The molecule has 3 rings (SSSR count). The summed E-state index contributed by atoms with van der Waals surface area (Å²) in [6.45, 7) is 4.35.